The molecule has 1 aromatic carbocycles. The molecule has 0 bridgehead atoms. The Kier molecular flexibility index (Phi) is 4.55. The first-order valence-corrected chi connectivity index (χ1v) is 6.90. The van der Waals surface area contributed by atoms with Crippen LogP contribution < -0.4 is 10.2 Å². The highest BCUT2D eigenvalue weighted by Crippen LogP contribution is 2.33. The van der Waals surface area contributed by atoms with Gasteiger partial charge in [0.25, 0.3) is 0 Å². The molecule has 94 valence electrons. The zero-order chi connectivity index (χ0) is 12.3. The van der Waals surface area contributed by atoms with Crippen LogP contribution in [0.5, 0.6) is 0 Å². The van der Waals surface area contributed by atoms with E-state index in [9.17, 15) is 0 Å². The molecule has 17 heavy (non-hydrogen) atoms. The van der Waals surface area contributed by atoms with E-state index in [2.05, 4.69) is 17.1 Å². The number of nitrogens with one attached hydrogen (secondary N) is 1. The Balaban J connectivity index is 2.03. The molecule has 0 spiro atoms. The van der Waals surface area contributed by atoms with Crippen LogP contribution in [0.15, 0.2) is 18.2 Å². The van der Waals surface area contributed by atoms with Crippen molar-refractivity contribution in [2.75, 3.05) is 24.5 Å². The van der Waals surface area contributed by atoms with E-state index in [0.29, 0.717) is 16.1 Å². The van der Waals surface area contributed by atoms with Gasteiger partial charge in [0, 0.05) is 19.1 Å². The van der Waals surface area contributed by atoms with Crippen molar-refractivity contribution in [1.82, 2.24) is 5.32 Å². The van der Waals surface area contributed by atoms with E-state index in [1.807, 2.05) is 18.2 Å². The third-order valence-electron chi connectivity index (χ3n) is 3.26. The monoisotopic (exact) mass is 272 g/mol. The number of anilines is 1. The van der Waals surface area contributed by atoms with Crippen LogP contribution in [0.3, 0.4) is 0 Å². The summed E-state index contributed by atoms with van der Waals surface area (Å²) in [6.45, 7) is 5.28. The zero-order valence-electron chi connectivity index (χ0n) is 10.0. The molecule has 4 heteroatoms. The fourth-order valence-electron chi connectivity index (χ4n) is 2.35. The molecule has 1 aliphatic heterocycles. The molecule has 1 aliphatic rings. The van der Waals surface area contributed by atoms with E-state index in [1.54, 1.807) is 0 Å². The van der Waals surface area contributed by atoms with Gasteiger partial charge in [0.2, 0.25) is 0 Å². The van der Waals surface area contributed by atoms with Gasteiger partial charge in [0.1, 0.15) is 0 Å². The first-order valence-electron chi connectivity index (χ1n) is 6.14. The SMILES string of the molecule is CCNC1CCN(c2cccc(Cl)c2Cl)CC1. The van der Waals surface area contributed by atoms with E-state index in [1.165, 1.54) is 0 Å². The highest BCUT2D eigenvalue weighted by molar-refractivity contribution is 6.43. The summed E-state index contributed by atoms with van der Waals surface area (Å²) >= 11 is 12.3. The molecule has 1 aromatic rings. The van der Waals surface area contributed by atoms with Gasteiger partial charge in [-0.2, -0.15) is 0 Å². The molecule has 1 saturated heterocycles. The molecule has 0 aromatic heterocycles. The largest absolute Gasteiger partial charge is 0.370 e. The van der Waals surface area contributed by atoms with Gasteiger partial charge in [-0.15, -0.1) is 0 Å². The molecule has 0 aliphatic carbocycles. The van der Waals surface area contributed by atoms with Crippen molar-refractivity contribution in [3.63, 3.8) is 0 Å². The second kappa shape index (κ2) is 5.94. The summed E-state index contributed by atoms with van der Waals surface area (Å²) in [5, 5.41) is 4.81. The van der Waals surface area contributed by atoms with Crippen molar-refractivity contribution < 1.29 is 0 Å². The van der Waals surface area contributed by atoms with E-state index in [-0.39, 0.29) is 0 Å². The minimum atomic E-state index is 0.637. The van der Waals surface area contributed by atoms with Gasteiger partial charge in [-0.05, 0) is 31.5 Å². The lowest BCUT2D eigenvalue weighted by atomic mass is 10.0. The van der Waals surface area contributed by atoms with Crippen LogP contribution in [0.2, 0.25) is 10.0 Å². The molecule has 0 saturated carbocycles. The van der Waals surface area contributed by atoms with Crippen LogP contribution in [0.4, 0.5) is 5.69 Å². The average molecular weight is 273 g/mol. The van der Waals surface area contributed by atoms with Crippen molar-refractivity contribution in [3.05, 3.63) is 28.2 Å². The maximum atomic E-state index is 6.23. The predicted molar refractivity (Wildman–Crippen MR) is 75.4 cm³/mol. The maximum Gasteiger partial charge on any atom is 0.0825 e. The quantitative estimate of drug-likeness (QED) is 0.905. The van der Waals surface area contributed by atoms with Gasteiger partial charge in [0.05, 0.1) is 15.7 Å². The first-order chi connectivity index (χ1) is 8.22. The van der Waals surface area contributed by atoms with Gasteiger partial charge in [-0.1, -0.05) is 36.2 Å². The van der Waals surface area contributed by atoms with Crippen LogP contribution in [-0.4, -0.2) is 25.7 Å². The lowest BCUT2D eigenvalue weighted by Crippen LogP contribution is -2.42. The van der Waals surface area contributed by atoms with Crippen molar-refractivity contribution in [2.45, 2.75) is 25.8 Å². The molecule has 0 radical (unpaired) electrons. The van der Waals surface area contributed by atoms with Crippen LogP contribution in [0.25, 0.3) is 0 Å². The number of rotatable bonds is 3. The summed E-state index contributed by atoms with van der Waals surface area (Å²) in [6.07, 6.45) is 2.33. The lowest BCUT2D eigenvalue weighted by Gasteiger charge is -2.34. The smallest absolute Gasteiger partial charge is 0.0825 e. The number of hydrogen-bond acceptors (Lipinski definition) is 2. The Morgan fingerprint density at radius 1 is 1.29 bits per heavy atom. The summed E-state index contributed by atoms with van der Waals surface area (Å²) in [7, 11) is 0. The van der Waals surface area contributed by atoms with E-state index in [0.717, 1.165) is 38.2 Å². The molecule has 2 nitrogen and oxygen atoms in total. The Morgan fingerprint density at radius 2 is 2.00 bits per heavy atom. The minimum absolute atomic E-state index is 0.637. The van der Waals surface area contributed by atoms with Crippen LogP contribution in [0, 0.1) is 0 Å². The van der Waals surface area contributed by atoms with Crippen LogP contribution >= 0.6 is 23.2 Å². The van der Waals surface area contributed by atoms with E-state index in [4.69, 9.17) is 23.2 Å². The number of piperidine rings is 1. The van der Waals surface area contributed by atoms with E-state index >= 15 is 0 Å². The zero-order valence-corrected chi connectivity index (χ0v) is 11.6. The summed E-state index contributed by atoms with van der Waals surface area (Å²) in [5.74, 6) is 0. The van der Waals surface area contributed by atoms with Crippen LogP contribution in [0.1, 0.15) is 19.8 Å². The fraction of sp³-hybridized carbons (Fsp3) is 0.538. The van der Waals surface area contributed by atoms with Crippen LogP contribution in [-0.2, 0) is 0 Å². The number of hydrogen-bond donors (Lipinski definition) is 1. The van der Waals surface area contributed by atoms with Gasteiger partial charge >= 0.3 is 0 Å². The van der Waals surface area contributed by atoms with Crippen molar-refractivity contribution >= 4 is 28.9 Å². The van der Waals surface area contributed by atoms with Gasteiger partial charge in [0.15, 0.2) is 0 Å². The number of benzene rings is 1. The van der Waals surface area contributed by atoms with E-state index < -0.39 is 0 Å². The average Bonchev–Trinajstić information content (AvgIpc) is 2.34. The van der Waals surface area contributed by atoms with Crippen molar-refractivity contribution in [2.24, 2.45) is 0 Å². The molecule has 1 heterocycles. The molecule has 1 N–H and O–H groups in total. The third-order valence-corrected chi connectivity index (χ3v) is 4.07. The number of halogens is 2. The standard InChI is InChI=1S/C13H18Cl2N2/c1-2-16-10-6-8-17(9-7-10)12-5-3-4-11(14)13(12)15/h3-5,10,16H,2,6-9H2,1H3. The maximum absolute atomic E-state index is 6.23. The van der Waals surface area contributed by atoms with Crippen molar-refractivity contribution in [1.29, 1.82) is 0 Å². The summed E-state index contributed by atoms with van der Waals surface area (Å²) in [6, 6.07) is 6.48. The summed E-state index contributed by atoms with van der Waals surface area (Å²) < 4.78 is 0. The molecule has 0 unspecified atom stereocenters. The predicted octanol–water partition coefficient (Wildman–Crippen LogP) is 3.57. The lowest BCUT2D eigenvalue weighted by molar-refractivity contribution is 0.424. The second-order valence-corrected chi connectivity index (χ2v) is 5.18. The number of nitrogens with zero attached hydrogens (tertiary/aromatic N) is 1. The Morgan fingerprint density at radius 3 is 2.65 bits per heavy atom. The molecule has 1 fully saturated rings. The molecule has 2 rings (SSSR count). The first kappa shape index (κ1) is 13.0. The molecular formula is C13H18Cl2N2. The normalized spacial score (nSPS) is 17.5. The summed E-state index contributed by atoms with van der Waals surface area (Å²) in [5.41, 5.74) is 1.06. The van der Waals surface area contributed by atoms with Gasteiger partial charge in [-0.3, -0.25) is 0 Å². The Labute approximate surface area is 113 Å². The third kappa shape index (κ3) is 3.06. The highest BCUT2D eigenvalue weighted by Gasteiger charge is 2.20. The Hall–Kier alpha value is -0.440. The minimum Gasteiger partial charge on any atom is -0.370 e. The molecular weight excluding hydrogens is 255 g/mol. The van der Waals surface area contributed by atoms with Crippen molar-refractivity contribution in [3.8, 4) is 0 Å². The van der Waals surface area contributed by atoms with Gasteiger partial charge in [-0.25, -0.2) is 0 Å². The molecule has 0 atom stereocenters. The highest BCUT2D eigenvalue weighted by atomic mass is 35.5. The molecule has 0 amide bonds. The van der Waals surface area contributed by atoms with Gasteiger partial charge < -0.3 is 10.2 Å². The topological polar surface area (TPSA) is 15.3 Å². The summed E-state index contributed by atoms with van der Waals surface area (Å²) in [4.78, 5) is 2.32. The Bertz CT molecular complexity index is 374. The second-order valence-electron chi connectivity index (χ2n) is 4.39. The fourth-order valence-corrected chi connectivity index (χ4v) is 2.76.